The van der Waals surface area contributed by atoms with Crippen LogP contribution < -0.4 is 0 Å². The average Bonchev–Trinajstić information content (AvgIpc) is 2.84. The topological polar surface area (TPSA) is 60.2 Å². The van der Waals surface area contributed by atoms with Gasteiger partial charge in [-0.25, -0.2) is 0 Å². The molecule has 0 radical (unpaired) electrons. The maximum Gasteiger partial charge on any atom is 0.270 e. The Morgan fingerprint density at radius 3 is 2.56 bits per heavy atom. The molecule has 1 spiro atoms. The molecule has 4 nitrogen and oxygen atoms in total. The normalized spacial score (nSPS) is 21.0. The summed E-state index contributed by atoms with van der Waals surface area (Å²) in [7, 11) is 0. The van der Waals surface area contributed by atoms with Gasteiger partial charge >= 0.3 is 0 Å². The third kappa shape index (κ3) is 1.55. The van der Waals surface area contributed by atoms with Crippen LogP contribution in [0.4, 0.5) is 5.69 Å². The molecular weight excluding hydrogens is 230 g/mol. The van der Waals surface area contributed by atoms with Crippen molar-refractivity contribution in [1.29, 1.82) is 0 Å². The van der Waals surface area contributed by atoms with Crippen molar-refractivity contribution < 1.29 is 9.72 Å². The Labute approximate surface area is 105 Å². The fourth-order valence-corrected chi connectivity index (χ4v) is 3.41. The molecule has 0 aliphatic heterocycles. The highest BCUT2D eigenvalue weighted by Gasteiger charge is 2.44. The van der Waals surface area contributed by atoms with Crippen molar-refractivity contribution in [1.82, 2.24) is 0 Å². The van der Waals surface area contributed by atoms with E-state index in [4.69, 9.17) is 0 Å². The lowest BCUT2D eigenvalue weighted by atomic mass is 9.69. The Bertz CT molecular complexity index is 530. The van der Waals surface area contributed by atoms with Crippen LogP contribution in [0.5, 0.6) is 0 Å². The van der Waals surface area contributed by atoms with Crippen LogP contribution >= 0.6 is 0 Å². The number of rotatable bonds is 1. The van der Waals surface area contributed by atoms with Crippen LogP contribution in [0.1, 0.15) is 48.0 Å². The predicted molar refractivity (Wildman–Crippen MR) is 66.6 cm³/mol. The summed E-state index contributed by atoms with van der Waals surface area (Å²) in [5.41, 5.74) is 1.39. The molecule has 0 amide bonds. The van der Waals surface area contributed by atoms with E-state index in [0.29, 0.717) is 5.56 Å². The summed E-state index contributed by atoms with van der Waals surface area (Å²) in [6.07, 6.45) is 5.91. The molecule has 0 saturated heterocycles. The summed E-state index contributed by atoms with van der Waals surface area (Å²) in [6.45, 7) is 0. The summed E-state index contributed by atoms with van der Waals surface area (Å²) in [5, 5.41) is 10.8. The van der Waals surface area contributed by atoms with Crippen molar-refractivity contribution in [2.45, 2.75) is 38.5 Å². The number of carbonyl (C=O) groups excluding carboxylic acids is 1. The Kier molecular flexibility index (Phi) is 2.47. The zero-order chi connectivity index (χ0) is 12.8. The van der Waals surface area contributed by atoms with Gasteiger partial charge < -0.3 is 0 Å². The van der Waals surface area contributed by atoms with Gasteiger partial charge in [-0.1, -0.05) is 18.9 Å². The molecule has 4 heteroatoms. The Balaban J connectivity index is 2.05. The second-order valence-electron chi connectivity index (χ2n) is 5.42. The lowest BCUT2D eigenvalue weighted by Gasteiger charge is -2.32. The van der Waals surface area contributed by atoms with Crippen molar-refractivity contribution in [2.24, 2.45) is 5.41 Å². The van der Waals surface area contributed by atoms with Crippen LogP contribution in [-0.2, 0) is 6.42 Å². The molecule has 2 aliphatic rings. The summed E-state index contributed by atoms with van der Waals surface area (Å²) in [6, 6.07) is 4.71. The van der Waals surface area contributed by atoms with Gasteiger partial charge in [0.15, 0.2) is 5.78 Å². The number of benzene rings is 1. The fourth-order valence-electron chi connectivity index (χ4n) is 3.41. The van der Waals surface area contributed by atoms with Crippen molar-refractivity contribution in [2.75, 3.05) is 0 Å². The summed E-state index contributed by atoms with van der Waals surface area (Å²) in [4.78, 5) is 23.0. The van der Waals surface area contributed by atoms with Gasteiger partial charge in [0.2, 0.25) is 0 Å². The van der Waals surface area contributed by atoms with Crippen LogP contribution in [0, 0.1) is 15.5 Å². The first-order valence-electron chi connectivity index (χ1n) is 6.45. The number of nitrogens with zero attached hydrogens (tertiary/aromatic N) is 1. The number of nitro groups is 1. The molecule has 1 aromatic carbocycles. The van der Waals surface area contributed by atoms with Crippen LogP contribution in [0.2, 0.25) is 0 Å². The van der Waals surface area contributed by atoms with E-state index in [1.807, 2.05) is 0 Å². The number of Topliss-reactive ketones (excluding diaryl/α,β-unsaturated/α-hetero) is 1. The molecule has 1 fully saturated rings. The van der Waals surface area contributed by atoms with E-state index in [1.54, 1.807) is 6.07 Å². The third-order valence-corrected chi connectivity index (χ3v) is 4.46. The molecule has 0 heterocycles. The molecule has 1 aromatic rings. The van der Waals surface area contributed by atoms with Gasteiger partial charge in [0.25, 0.3) is 5.69 Å². The monoisotopic (exact) mass is 245 g/mol. The summed E-state index contributed by atoms with van der Waals surface area (Å²) >= 11 is 0. The van der Waals surface area contributed by atoms with Crippen LogP contribution in [-0.4, -0.2) is 10.7 Å². The second-order valence-corrected chi connectivity index (χ2v) is 5.42. The molecule has 1 saturated carbocycles. The highest BCUT2D eigenvalue weighted by Crippen LogP contribution is 2.47. The first kappa shape index (κ1) is 11.4. The Hall–Kier alpha value is -1.71. The largest absolute Gasteiger partial charge is 0.294 e. The van der Waals surface area contributed by atoms with Crippen molar-refractivity contribution >= 4 is 11.5 Å². The fraction of sp³-hybridized carbons (Fsp3) is 0.500. The number of nitro benzene ring substituents is 1. The Morgan fingerprint density at radius 1 is 1.17 bits per heavy atom. The molecular formula is C14H15NO3. The molecule has 94 valence electrons. The SMILES string of the molecule is O=C1c2cc([N+](=O)[O-])ccc2CCC12CCCC2. The number of hydrogen-bond donors (Lipinski definition) is 0. The number of aryl methyl sites for hydroxylation is 1. The van der Waals surface area contributed by atoms with Gasteiger partial charge in [0.1, 0.15) is 0 Å². The highest BCUT2D eigenvalue weighted by atomic mass is 16.6. The molecule has 0 unspecified atom stereocenters. The predicted octanol–water partition coefficient (Wildman–Crippen LogP) is 3.28. The third-order valence-electron chi connectivity index (χ3n) is 4.46. The lowest BCUT2D eigenvalue weighted by Crippen LogP contribution is -2.33. The number of ketones is 1. The molecule has 0 bridgehead atoms. The van der Waals surface area contributed by atoms with Crippen molar-refractivity contribution in [3.8, 4) is 0 Å². The van der Waals surface area contributed by atoms with E-state index >= 15 is 0 Å². The van der Waals surface area contributed by atoms with E-state index in [9.17, 15) is 14.9 Å². The van der Waals surface area contributed by atoms with Gasteiger partial charge in [0.05, 0.1) is 4.92 Å². The molecule has 2 aliphatic carbocycles. The van der Waals surface area contributed by atoms with Gasteiger partial charge in [-0.05, 0) is 31.2 Å². The van der Waals surface area contributed by atoms with E-state index in [2.05, 4.69) is 0 Å². The van der Waals surface area contributed by atoms with Gasteiger partial charge in [-0.15, -0.1) is 0 Å². The van der Waals surface area contributed by atoms with Crippen LogP contribution in [0.15, 0.2) is 18.2 Å². The smallest absolute Gasteiger partial charge is 0.270 e. The second kappa shape index (κ2) is 3.90. The zero-order valence-electron chi connectivity index (χ0n) is 10.1. The van der Waals surface area contributed by atoms with E-state index in [-0.39, 0.29) is 16.9 Å². The van der Waals surface area contributed by atoms with Crippen LogP contribution in [0.3, 0.4) is 0 Å². The maximum atomic E-state index is 12.6. The van der Waals surface area contributed by atoms with E-state index in [1.165, 1.54) is 12.1 Å². The zero-order valence-corrected chi connectivity index (χ0v) is 10.1. The van der Waals surface area contributed by atoms with E-state index < -0.39 is 4.92 Å². The van der Waals surface area contributed by atoms with Crippen molar-refractivity contribution in [3.05, 3.63) is 39.4 Å². The van der Waals surface area contributed by atoms with Gasteiger partial charge in [-0.2, -0.15) is 0 Å². The molecule has 0 aromatic heterocycles. The standard InChI is InChI=1S/C14H15NO3/c16-13-12-9-11(15(17)18)4-3-10(12)5-8-14(13)6-1-2-7-14/h3-4,9H,1-2,5-8H2. The van der Waals surface area contributed by atoms with Crippen molar-refractivity contribution in [3.63, 3.8) is 0 Å². The average molecular weight is 245 g/mol. The summed E-state index contributed by atoms with van der Waals surface area (Å²) < 4.78 is 0. The number of carbonyl (C=O) groups is 1. The first-order valence-corrected chi connectivity index (χ1v) is 6.45. The molecule has 3 rings (SSSR count). The van der Waals surface area contributed by atoms with Gasteiger partial charge in [0, 0.05) is 23.1 Å². The Morgan fingerprint density at radius 2 is 1.89 bits per heavy atom. The first-order chi connectivity index (χ1) is 8.62. The minimum absolute atomic E-state index is 0.0251. The minimum atomic E-state index is -0.427. The summed E-state index contributed by atoms with van der Waals surface area (Å²) in [5.74, 6) is 0.143. The molecule has 18 heavy (non-hydrogen) atoms. The minimum Gasteiger partial charge on any atom is -0.294 e. The van der Waals surface area contributed by atoms with E-state index in [0.717, 1.165) is 44.1 Å². The van der Waals surface area contributed by atoms with Gasteiger partial charge in [-0.3, -0.25) is 14.9 Å². The lowest BCUT2D eigenvalue weighted by molar-refractivity contribution is -0.384. The number of hydrogen-bond acceptors (Lipinski definition) is 3. The number of non-ortho nitro benzene ring substituents is 1. The highest BCUT2D eigenvalue weighted by molar-refractivity contribution is 6.03. The number of fused-ring (bicyclic) bond motifs is 1. The molecule has 0 N–H and O–H groups in total. The molecule has 0 atom stereocenters. The quantitative estimate of drug-likeness (QED) is 0.563. The maximum absolute atomic E-state index is 12.6. The van der Waals surface area contributed by atoms with Crippen LogP contribution in [0.25, 0.3) is 0 Å².